The van der Waals surface area contributed by atoms with E-state index in [-0.39, 0.29) is 17.6 Å². The second kappa shape index (κ2) is 9.46. The SMILES string of the molecule is CC(C)Oc1nc2c(OCC3CCCCCC3)cccn2c1C=C(C#N)C(=O)O. The fourth-order valence-electron chi connectivity index (χ4n) is 3.61. The minimum Gasteiger partial charge on any atom is -0.489 e. The van der Waals surface area contributed by atoms with Crippen LogP contribution in [-0.2, 0) is 4.79 Å². The Morgan fingerprint density at radius 2 is 2.10 bits per heavy atom. The van der Waals surface area contributed by atoms with Crippen molar-refractivity contribution in [2.75, 3.05) is 6.61 Å². The fourth-order valence-corrected chi connectivity index (χ4v) is 3.61. The number of ether oxygens (including phenoxy) is 2. The molecule has 2 heterocycles. The van der Waals surface area contributed by atoms with Crippen molar-refractivity contribution in [1.82, 2.24) is 9.38 Å². The highest BCUT2D eigenvalue weighted by Gasteiger charge is 2.20. The molecule has 0 saturated heterocycles. The number of hydrogen-bond acceptors (Lipinski definition) is 5. The van der Waals surface area contributed by atoms with E-state index >= 15 is 0 Å². The zero-order valence-electron chi connectivity index (χ0n) is 16.9. The van der Waals surface area contributed by atoms with Crippen LogP contribution in [0, 0.1) is 17.2 Å². The van der Waals surface area contributed by atoms with E-state index < -0.39 is 5.97 Å². The van der Waals surface area contributed by atoms with E-state index in [1.165, 1.54) is 44.6 Å². The van der Waals surface area contributed by atoms with Crippen LogP contribution < -0.4 is 9.47 Å². The summed E-state index contributed by atoms with van der Waals surface area (Å²) in [4.78, 5) is 15.9. The van der Waals surface area contributed by atoms with Crippen LogP contribution in [0.3, 0.4) is 0 Å². The van der Waals surface area contributed by atoms with Gasteiger partial charge in [-0.25, -0.2) is 4.79 Å². The maximum absolute atomic E-state index is 11.3. The van der Waals surface area contributed by atoms with Gasteiger partial charge in [0.1, 0.15) is 17.3 Å². The minimum atomic E-state index is -1.29. The average Bonchev–Trinajstić information content (AvgIpc) is 2.85. The quantitative estimate of drug-likeness (QED) is 0.421. The Morgan fingerprint density at radius 3 is 2.72 bits per heavy atom. The van der Waals surface area contributed by atoms with Crippen LogP contribution >= 0.6 is 0 Å². The molecule has 7 nitrogen and oxygen atoms in total. The highest BCUT2D eigenvalue weighted by atomic mass is 16.5. The first kappa shape index (κ1) is 20.7. The molecule has 0 aromatic carbocycles. The second-order valence-corrected chi connectivity index (χ2v) is 7.68. The van der Waals surface area contributed by atoms with Crippen LogP contribution in [0.1, 0.15) is 58.1 Å². The molecular formula is C22H27N3O4. The van der Waals surface area contributed by atoms with Crippen LogP contribution in [0.4, 0.5) is 0 Å². The van der Waals surface area contributed by atoms with E-state index in [0.29, 0.717) is 29.6 Å². The summed E-state index contributed by atoms with van der Waals surface area (Å²) in [6, 6.07) is 5.38. The molecule has 1 saturated carbocycles. The number of rotatable bonds is 7. The third kappa shape index (κ3) is 5.08. The van der Waals surface area contributed by atoms with Crippen molar-refractivity contribution >= 4 is 17.7 Å². The van der Waals surface area contributed by atoms with Gasteiger partial charge in [0.25, 0.3) is 0 Å². The van der Waals surface area contributed by atoms with Crippen LogP contribution in [0.15, 0.2) is 23.9 Å². The molecule has 0 radical (unpaired) electrons. The van der Waals surface area contributed by atoms with Crippen LogP contribution in [0.5, 0.6) is 11.6 Å². The van der Waals surface area contributed by atoms with Crippen LogP contribution in [0.25, 0.3) is 11.7 Å². The third-order valence-corrected chi connectivity index (χ3v) is 5.05. The molecule has 1 aliphatic carbocycles. The monoisotopic (exact) mass is 397 g/mol. The first-order valence-corrected chi connectivity index (χ1v) is 10.1. The number of nitriles is 1. The van der Waals surface area contributed by atoms with Gasteiger partial charge in [-0.3, -0.25) is 4.40 Å². The summed E-state index contributed by atoms with van der Waals surface area (Å²) in [6.07, 6.45) is 10.3. The van der Waals surface area contributed by atoms with Crippen molar-refractivity contribution in [3.63, 3.8) is 0 Å². The molecule has 1 N–H and O–H groups in total. The summed E-state index contributed by atoms with van der Waals surface area (Å²) in [5, 5.41) is 18.4. The predicted molar refractivity (Wildman–Crippen MR) is 109 cm³/mol. The van der Waals surface area contributed by atoms with Gasteiger partial charge in [-0.1, -0.05) is 25.7 Å². The minimum absolute atomic E-state index is 0.155. The highest BCUT2D eigenvalue weighted by Crippen LogP contribution is 2.30. The van der Waals surface area contributed by atoms with Gasteiger partial charge in [-0.2, -0.15) is 10.2 Å². The number of hydrogen-bond donors (Lipinski definition) is 1. The maximum atomic E-state index is 11.3. The normalized spacial score (nSPS) is 15.9. The molecule has 154 valence electrons. The largest absolute Gasteiger partial charge is 0.489 e. The standard InChI is InChI=1S/C22H27N3O4/c1-15(2)29-21-18(12-17(13-23)22(26)27)25-11-7-10-19(20(25)24-21)28-14-16-8-5-3-4-6-9-16/h7,10-12,15-16H,3-6,8-9,14H2,1-2H3,(H,26,27). The molecular weight excluding hydrogens is 370 g/mol. The summed E-state index contributed by atoms with van der Waals surface area (Å²) in [6.45, 7) is 4.36. The number of imidazole rings is 1. The van der Waals surface area contributed by atoms with Crippen molar-refractivity contribution in [2.24, 2.45) is 5.92 Å². The van der Waals surface area contributed by atoms with Crippen molar-refractivity contribution in [2.45, 2.75) is 58.5 Å². The summed E-state index contributed by atoms with van der Waals surface area (Å²) >= 11 is 0. The van der Waals surface area contributed by atoms with Crippen LogP contribution in [-0.4, -0.2) is 33.2 Å². The third-order valence-electron chi connectivity index (χ3n) is 5.05. The number of carboxylic acid groups (broad SMARTS) is 1. The topological polar surface area (TPSA) is 96.9 Å². The van der Waals surface area contributed by atoms with Crippen molar-refractivity contribution in [3.8, 4) is 17.7 Å². The lowest BCUT2D eigenvalue weighted by Gasteiger charge is -2.15. The number of carbonyl (C=O) groups is 1. The van der Waals surface area contributed by atoms with Gasteiger partial charge < -0.3 is 14.6 Å². The first-order chi connectivity index (χ1) is 14.0. The van der Waals surface area contributed by atoms with E-state index in [2.05, 4.69) is 4.98 Å². The van der Waals surface area contributed by atoms with Crippen LogP contribution in [0.2, 0.25) is 0 Å². The van der Waals surface area contributed by atoms with E-state index in [1.807, 2.05) is 26.0 Å². The fraction of sp³-hybridized carbons (Fsp3) is 0.500. The highest BCUT2D eigenvalue weighted by molar-refractivity contribution is 5.96. The van der Waals surface area contributed by atoms with Gasteiger partial charge in [0.15, 0.2) is 11.4 Å². The predicted octanol–water partition coefficient (Wildman–Crippen LogP) is 4.46. The summed E-state index contributed by atoms with van der Waals surface area (Å²) in [7, 11) is 0. The second-order valence-electron chi connectivity index (χ2n) is 7.68. The van der Waals surface area contributed by atoms with E-state index in [1.54, 1.807) is 16.7 Å². The Morgan fingerprint density at radius 1 is 1.38 bits per heavy atom. The average molecular weight is 397 g/mol. The molecule has 2 aromatic heterocycles. The lowest BCUT2D eigenvalue weighted by molar-refractivity contribution is -0.132. The van der Waals surface area contributed by atoms with Gasteiger partial charge in [0.05, 0.1) is 12.7 Å². The first-order valence-electron chi connectivity index (χ1n) is 10.1. The van der Waals surface area contributed by atoms with Gasteiger partial charge in [0.2, 0.25) is 5.88 Å². The summed E-state index contributed by atoms with van der Waals surface area (Å²) in [5.41, 5.74) is 0.573. The molecule has 2 aromatic rings. The molecule has 1 fully saturated rings. The Hall–Kier alpha value is -3.01. The lowest BCUT2D eigenvalue weighted by atomic mass is 10.0. The molecule has 0 bridgehead atoms. The number of carboxylic acids is 1. The number of nitrogens with zero attached hydrogens (tertiary/aromatic N) is 3. The molecule has 1 aliphatic rings. The molecule has 0 spiro atoms. The lowest BCUT2D eigenvalue weighted by Crippen LogP contribution is -2.11. The van der Waals surface area contributed by atoms with Gasteiger partial charge in [-0.05, 0) is 50.8 Å². The molecule has 29 heavy (non-hydrogen) atoms. The van der Waals surface area contributed by atoms with Crippen molar-refractivity contribution in [1.29, 1.82) is 5.26 Å². The van der Waals surface area contributed by atoms with E-state index in [9.17, 15) is 9.90 Å². The Bertz CT molecular complexity index is 931. The smallest absolute Gasteiger partial charge is 0.346 e. The summed E-state index contributed by atoms with van der Waals surface area (Å²) < 4.78 is 13.6. The maximum Gasteiger partial charge on any atom is 0.346 e. The number of aromatic nitrogens is 2. The Balaban J connectivity index is 1.96. The van der Waals surface area contributed by atoms with Gasteiger partial charge >= 0.3 is 5.97 Å². The number of fused-ring (bicyclic) bond motifs is 1. The van der Waals surface area contributed by atoms with Gasteiger partial charge in [-0.15, -0.1) is 0 Å². The Labute approximate surface area is 170 Å². The van der Waals surface area contributed by atoms with E-state index in [4.69, 9.17) is 14.7 Å². The Kier molecular flexibility index (Phi) is 6.76. The zero-order chi connectivity index (χ0) is 20.8. The van der Waals surface area contributed by atoms with E-state index in [0.717, 1.165) is 0 Å². The van der Waals surface area contributed by atoms with Gasteiger partial charge in [0, 0.05) is 6.20 Å². The van der Waals surface area contributed by atoms with Crippen molar-refractivity contribution < 1.29 is 19.4 Å². The molecule has 0 unspecified atom stereocenters. The zero-order valence-corrected chi connectivity index (χ0v) is 16.9. The number of aliphatic carboxylic acids is 1. The molecule has 7 heteroatoms. The molecule has 3 rings (SSSR count). The number of pyridine rings is 1. The summed E-state index contributed by atoms with van der Waals surface area (Å²) in [5.74, 6) is 0.146. The van der Waals surface area contributed by atoms with Crippen molar-refractivity contribution in [3.05, 3.63) is 29.6 Å². The molecule has 0 atom stereocenters. The molecule has 0 aliphatic heterocycles. The molecule has 0 amide bonds.